The maximum Gasteiger partial charge on any atom is 0.0902 e. The Morgan fingerprint density at radius 1 is 0.538 bits per heavy atom. The van der Waals surface area contributed by atoms with E-state index in [1.807, 2.05) is 0 Å². The van der Waals surface area contributed by atoms with Gasteiger partial charge in [-0.1, -0.05) is 0 Å². The summed E-state index contributed by atoms with van der Waals surface area (Å²) in [6, 6.07) is 0. The number of piperidine rings is 1. The molecule has 3 heterocycles. The van der Waals surface area contributed by atoms with Crippen molar-refractivity contribution in [3.8, 4) is 0 Å². The standard InChI is InChI=1S/C9H19N.C8H18N2.C5H11N/c1-9(2,3)10-7-5-4-6-8-10;1-8(2,3)10-6-4-9-5-7-10;1-6-4-2-3-5-6/h4-8H2,1-3H3;9H,4-7H2,1-3H3;2-5H2,1H3/p+3. The molecule has 3 rings (SSSR count). The normalized spacial score (nSPS) is 23.7. The minimum Gasteiger partial charge on any atom is -0.337 e. The number of rotatable bonds is 0. The van der Waals surface area contributed by atoms with Gasteiger partial charge in [0, 0.05) is 25.9 Å². The number of nitrogens with one attached hydrogen (secondary N) is 4. The average Bonchev–Trinajstić information content (AvgIpc) is 3.07. The van der Waals surface area contributed by atoms with Crippen molar-refractivity contribution in [3.05, 3.63) is 0 Å². The fourth-order valence-electron chi connectivity index (χ4n) is 4.19. The lowest BCUT2D eigenvalue weighted by molar-refractivity contribution is -0.950. The van der Waals surface area contributed by atoms with Gasteiger partial charge in [0.1, 0.15) is 0 Å². The van der Waals surface area contributed by atoms with Crippen LogP contribution in [0.25, 0.3) is 0 Å². The molecule has 4 heteroatoms. The van der Waals surface area contributed by atoms with E-state index in [1.165, 1.54) is 84.5 Å². The van der Waals surface area contributed by atoms with Gasteiger partial charge >= 0.3 is 0 Å². The van der Waals surface area contributed by atoms with Crippen LogP contribution >= 0.6 is 0 Å². The molecule has 0 aromatic carbocycles. The van der Waals surface area contributed by atoms with Crippen molar-refractivity contribution in [2.45, 2.75) is 84.7 Å². The Balaban J connectivity index is 0.000000201. The van der Waals surface area contributed by atoms with E-state index >= 15 is 0 Å². The van der Waals surface area contributed by atoms with Crippen LogP contribution in [0.1, 0.15) is 73.6 Å². The van der Waals surface area contributed by atoms with Gasteiger partial charge in [-0.25, -0.2) is 0 Å². The number of piperazine rings is 1. The molecule has 3 aliphatic rings. The molecule has 4 nitrogen and oxygen atoms in total. The molecule has 0 saturated carbocycles. The van der Waals surface area contributed by atoms with Crippen LogP contribution in [-0.2, 0) is 0 Å². The summed E-state index contributed by atoms with van der Waals surface area (Å²) < 4.78 is 0. The van der Waals surface area contributed by atoms with Gasteiger partial charge in [0.25, 0.3) is 0 Å². The second kappa shape index (κ2) is 11.6. The van der Waals surface area contributed by atoms with Crippen molar-refractivity contribution >= 4 is 0 Å². The molecule has 0 spiro atoms. The summed E-state index contributed by atoms with van der Waals surface area (Å²) in [6.07, 6.45) is 7.23. The Labute approximate surface area is 164 Å². The van der Waals surface area contributed by atoms with E-state index in [0.29, 0.717) is 11.1 Å². The number of likely N-dealkylation sites (tertiary alicyclic amines) is 2. The number of hydrogen-bond acceptors (Lipinski definition) is 1. The fourth-order valence-corrected chi connectivity index (χ4v) is 4.19. The summed E-state index contributed by atoms with van der Waals surface area (Å²) >= 11 is 0. The smallest absolute Gasteiger partial charge is 0.0902 e. The molecule has 0 atom stereocenters. The van der Waals surface area contributed by atoms with E-state index in [1.54, 1.807) is 14.7 Å². The highest BCUT2D eigenvalue weighted by Gasteiger charge is 2.26. The van der Waals surface area contributed by atoms with Crippen molar-refractivity contribution < 1.29 is 14.7 Å². The Morgan fingerprint density at radius 3 is 1.19 bits per heavy atom. The zero-order valence-corrected chi connectivity index (χ0v) is 19.2. The SMILES string of the molecule is CC(C)(C)[NH+]1CCCCC1.CC(C)(C)[NH+]1CCNCC1.C[NH+]1CCCC1. The van der Waals surface area contributed by atoms with E-state index in [0.717, 1.165) is 0 Å². The maximum absolute atomic E-state index is 3.37. The van der Waals surface area contributed by atoms with E-state index in [-0.39, 0.29) is 0 Å². The third-order valence-corrected chi connectivity index (χ3v) is 6.24. The van der Waals surface area contributed by atoms with Gasteiger partial charge < -0.3 is 20.0 Å². The van der Waals surface area contributed by atoms with E-state index < -0.39 is 0 Å². The van der Waals surface area contributed by atoms with Crippen LogP contribution in [0.2, 0.25) is 0 Å². The van der Waals surface area contributed by atoms with Gasteiger partial charge in [-0.05, 0) is 60.8 Å². The van der Waals surface area contributed by atoms with Gasteiger partial charge in [0.05, 0.1) is 57.4 Å². The molecule has 3 fully saturated rings. The lowest BCUT2D eigenvalue weighted by atomic mass is 10.0. The molecule has 4 N–H and O–H groups in total. The predicted molar refractivity (Wildman–Crippen MR) is 113 cm³/mol. The zero-order chi connectivity index (χ0) is 19.6. The monoisotopic (exact) mass is 371 g/mol. The molecule has 0 amide bonds. The summed E-state index contributed by atoms with van der Waals surface area (Å²) in [5.74, 6) is 0. The summed E-state index contributed by atoms with van der Waals surface area (Å²) in [7, 11) is 2.26. The van der Waals surface area contributed by atoms with Crippen LogP contribution in [0.5, 0.6) is 0 Å². The highest BCUT2D eigenvalue weighted by atomic mass is 15.2. The van der Waals surface area contributed by atoms with E-state index in [2.05, 4.69) is 53.9 Å². The first-order valence-corrected chi connectivity index (χ1v) is 11.3. The molecule has 3 saturated heterocycles. The quantitative estimate of drug-likeness (QED) is 0.450. The summed E-state index contributed by atoms with van der Waals surface area (Å²) in [4.78, 5) is 5.22. The van der Waals surface area contributed by atoms with Gasteiger partial charge in [-0.15, -0.1) is 0 Å². The van der Waals surface area contributed by atoms with Gasteiger partial charge in [-0.3, -0.25) is 0 Å². The molecule has 0 aromatic rings. The van der Waals surface area contributed by atoms with E-state index in [9.17, 15) is 0 Å². The van der Waals surface area contributed by atoms with Crippen molar-refractivity contribution in [2.24, 2.45) is 0 Å². The van der Waals surface area contributed by atoms with Crippen molar-refractivity contribution in [2.75, 3.05) is 59.4 Å². The third-order valence-electron chi connectivity index (χ3n) is 6.24. The minimum absolute atomic E-state index is 0.447. The van der Waals surface area contributed by atoms with Crippen LogP contribution in [0.3, 0.4) is 0 Å². The lowest BCUT2D eigenvalue weighted by Gasteiger charge is -2.35. The topological polar surface area (TPSA) is 25.4 Å². The first-order valence-electron chi connectivity index (χ1n) is 11.3. The van der Waals surface area contributed by atoms with Crippen LogP contribution in [0.15, 0.2) is 0 Å². The average molecular weight is 372 g/mol. The second-order valence-corrected chi connectivity index (χ2v) is 10.7. The van der Waals surface area contributed by atoms with Gasteiger partial charge in [-0.2, -0.15) is 0 Å². The Hall–Kier alpha value is -0.160. The first-order chi connectivity index (χ1) is 12.1. The van der Waals surface area contributed by atoms with Crippen LogP contribution in [-0.4, -0.2) is 70.5 Å². The van der Waals surface area contributed by atoms with Crippen LogP contribution in [0.4, 0.5) is 0 Å². The minimum atomic E-state index is 0.447. The Morgan fingerprint density at radius 2 is 0.923 bits per heavy atom. The molecule has 0 bridgehead atoms. The highest BCUT2D eigenvalue weighted by Crippen LogP contribution is 2.00. The fraction of sp³-hybridized carbons (Fsp3) is 1.00. The van der Waals surface area contributed by atoms with E-state index in [4.69, 9.17) is 0 Å². The van der Waals surface area contributed by atoms with Crippen molar-refractivity contribution in [1.29, 1.82) is 0 Å². The number of hydrogen-bond donors (Lipinski definition) is 4. The third kappa shape index (κ3) is 10.2. The summed E-state index contributed by atoms with van der Waals surface area (Å²) in [6.45, 7) is 24.5. The molecule has 3 aliphatic heterocycles. The Kier molecular flexibility index (Phi) is 10.7. The van der Waals surface area contributed by atoms with Crippen LogP contribution < -0.4 is 20.0 Å². The molecule has 0 radical (unpaired) electrons. The van der Waals surface area contributed by atoms with Gasteiger partial charge in [0.2, 0.25) is 0 Å². The molecular formula is C22H51N4+3. The second-order valence-electron chi connectivity index (χ2n) is 10.7. The molecule has 0 aromatic heterocycles. The van der Waals surface area contributed by atoms with Crippen molar-refractivity contribution in [3.63, 3.8) is 0 Å². The summed E-state index contributed by atoms with van der Waals surface area (Å²) in [5.41, 5.74) is 0.933. The molecule has 156 valence electrons. The molecular weight excluding hydrogens is 320 g/mol. The lowest BCUT2D eigenvalue weighted by Crippen LogP contribution is -3.21. The van der Waals surface area contributed by atoms with Crippen molar-refractivity contribution in [1.82, 2.24) is 5.32 Å². The highest BCUT2D eigenvalue weighted by molar-refractivity contribution is 4.61. The summed E-state index contributed by atoms with van der Waals surface area (Å²) in [5, 5.41) is 3.37. The predicted octanol–water partition coefficient (Wildman–Crippen LogP) is -0.578. The molecule has 0 aliphatic carbocycles. The zero-order valence-electron chi connectivity index (χ0n) is 19.2. The number of quaternary nitrogens is 3. The Bertz CT molecular complexity index is 310. The molecule has 26 heavy (non-hydrogen) atoms. The first kappa shape index (κ1) is 23.9. The van der Waals surface area contributed by atoms with Crippen LogP contribution in [0, 0.1) is 0 Å². The molecule has 0 unspecified atom stereocenters. The maximum atomic E-state index is 3.37. The largest absolute Gasteiger partial charge is 0.337 e. The van der Waals surface area contributed by atoms with Gasteiger partial charge in [0.15, 0.2) is 0 Å².